The quantitative estimate of drug-likeness (QED) is 0.599. The zero-order valence-electron chi connectivity index (χ0n) is 13.6. The molecular formula is C17H13F3N2O3S2. The van der Waals surface area contributed by atoms with Crippen molar-refractivity contribution in [2.45, 2.75) is 17.8 Å². The molecule has 142 valence electrons. The second kappa shape index (κ2) is 7.57. The maximum absolute atomic E-state index is 13.1. The number of sulfonamides is 1. The summed E-state index contributed by atoms with van der Waals surface area (Å²) in [5.74, 6) is -0.493. The first-order valence-corrected chi connectivity index (χ1v) is 9.94. The van der Waals surface area contributed by atoms with Gasteiger partial charge in [0.15, 0.2) is 0 Å². The highest BCUT2D eigenvalue weighted by molar-refractivity contribution is 7.92. The molecule has 0 saturated heterocycles. The number of nitrogens with zero attached hydrogens (tertiary/aromatic N) is 2. The zero-order valence-corrected chi connectivity index (χ0v) is 15.3. The molecule has 0 amide bonds. The van der Waals surface area contributed by atoms with Crippen LogP contribution in [0.1, 0.15) is 5.56 Å². The largest absolute Gasteiger partial charge is 0.573 e. The number of alkyl halides is 3. The SMILES string of the molecule is O=S(=O)(c1ccc(OC(F)(F)F)cc1)N(Cc1ccsc1)c1cccnc1. The smallest absolute Gasteiger partial charge is 0.406 e. The average Bonchev–Trinajstić information content (AvgIpc) is 3.13. The molecule has 3 rings (SSSR count). The van der Waals surface area contributed by atoms with Crippen molar-refractivity contribution in [3.05, 3.63) is 71.2 Å². The van der Waals surface area contributed by atoms with Crippen molar-refractivity contribution in [2.24, 2.45) is 0 Å². The van der Waals surface area contributed by atoms with Crippen LogP contribution in [0, 0.1) is 0 Å². The lowest BCUT2D eigenvalue weighted by Gasteiger charge is -2.24. The van der Waals surface area contributed by atoms with Gasteiger partial charge in [-0.15, -0.1) is 13.2 Å². The summed E-state index contributed by atoms with van der Waals surface area (Å²) in [4.78, 5) is 3.79. The molecule has 3 aromatic rings. The summed E-state index contributed by atoms with van der Waals surface area (Å²) in [5, 5.41) is 3.64. The molecule has 10 heteroatoms. The molecule has 0 bridgehead atoms. The molecule has 5 nitrogen and oxygen atoms in total. The van der Waals surface area contributed by atoms with Crippen molar-refractivity contribution in [1.29, 1.82) is 0 Å². The summed E-state index contributed by atoms with van der Waals surface area (Å²) in [7, 11) is -4.03. The van der Waals surface area contributed by atoms with Crippen LogP contribution in [0.25, 0.3) is 0 Å². The highest BCUT2D eigenvalue weighted by atomic mass is 32.2. The Morgan fingerprint density at radius 2 is 1.85 bits per heavy atom. The highest BCUT2D eigenvalue weighted by Crippen LogP contribution is 2.28. The van der Waals surface area contributed by atoms with Gasteiger partial charge in [0.05, 0.1) is 23.3 Å². The maximum Gasteiger partial charge on any atom is 0.573 e. The van der Waals surface area contributed by atoms with Crippen LogP contribution in [0.3, 0.4) is 0 Å². The van der Waals surface area contributed by atoms with E-state index < -0.39 is 22.1 Å². The molecule has 0 spiro atoms. The zero-order chi connectivity index (χ0) is 19.5. The van der Waals surface area contributed by atoms with Crippen LogP contribution < -0.4 is 9.04 Å². The van der Waals surface area contributed by atoms with E-state index in [1.54, 1.807) is 18.2 Å². The van der Waals surface area contributed by atoms with E-state index >= 15 is 0 Å². The monoisotopic (exact) mass is 414 g/mol. The minimum atomic E-state index is -4.85. The van der Waals surface area contributed by atoms with Crippen LogP contribution >= 0.6 is 11.3 Å². The Balaban J connectivity index is 1.95. The Morgan fingerprint density at radius 1 is 1.11 bits per heavy atom. The van der Waals surface area contributed by atoms with Gasteiger partial charge in [-0.25, -0.2) is 8.42 Å². The van der Waals surface area contributed by atoms with Gasteiger partial charge in [-0.2, -0.15) is 11.3 Å². The van der Waals surface area contributed by atoms with E-state index in [0.29, 0.717) is 5.69 Å². The van der Waals surface area contributed by atoms with Crippen molar-refractivity contribution >= 4 is 27.0 Å². The molecule has 0 aliphatic heterocycles. The van der Waals surface area contributed by atoms with Gasteiger partial charge in [-0.05, 0) is 58.8 Å². The molecule has 0 radical (unpaired) electrons. The van der Waals surface area contributed by atoms with Gasteiger partial charge in [0, 0.05) is 6.20 Å². The molecule has 0 saturated carbocycles. The minimum absolute atomic E-state index is 0.0678. The van der Waals surface area contributed by atoms with E-state index in [1.165, 1.54) is 23.7 Å². The second-order valence-electron chi connectivity index (χ2n) is 5.37. The fourth-order valence-corrected chi connectivity index (χ4v) is 4.40. The summed E-state index contributed by atoms with van der Waals surface area (Å²) >= 11 is 1.43. The predicted octanol–water partition coefficient (Wildman–Crippen LogP) is 4.44. The van der Waals surface area contributed by atoms with Gasteiger partial charge in [0.2, 0.25) is 0 Å². The first-order chi connectivity index (χ1) is 12.8. The Kier molecular flexibility index (Phi) is 5.38. The number of hydrogen-bond acceptors (Lipinski definition) is 5. The van der Waals surface area contributed by atoms with Crippen molar-refractivity contribution < 1.29 is 26.3 Å². The molecular weight excluding hydrogens is 401 g/mol. The van der Waals surface area contributed by atoms with Crippen LogP contribution in [0.2, 0.25) is 0 Å². The molecule has 0 unspecified atom stereocenters. The van der Waals surface area contributed by atoms with Crippen LogP contribution in [0.4, 0.5) is 18.9 Å². The lowest BCUT2D eigenvalue weighted by atomic mass is 10.3. The molecule has 0 fully saturated rings. The predicted molar refractivity (Wildman–Crippen MR) is 95.0 cm³/mol. The standard InChI is InChI=1S/C17H13F3N2O3S2/c18-17(19,20)25-15-3-5-16(6-4-15)27(23,24)22(11-13-7-9-26-12-13)14-2-1-8-21-10-14/h1-10,12H,11H2. The van der Waals surface area contributed by atoms with Crippen LogP contribution in [0.5, 0.6) is 5.75 Å². The normalized spacial score (nSPS) is 12.0. The van der Waals surface area contributed by atoms with E-state index in [2.05, 4.69) is 9.72 Å². The van der Waals surface area contributed by atoms with Crippen molar-refractivity contribution in [1.82, 2.24) is 4.98 Å². The molecule has 0 atom stereocenters. The number of pyridine rings is 1. The summed E-state index contributed by atoms with van der Waals surface area (Å²) in [6.07, 6.45) is -1.92. The molecule has 0 aliphatic rings. The maximum atomic E-state index is 13.1. The summed E-state index contributed by atoms with van der Waals surface area (Å²) in [5.41, 5.74) is 1.13. The average molecular weight is 414 g/mol. The van der Waals surface area contributed by atoms with Crippen molar-refractivity contribution in [3.8, 4) is 5.75 Å². The molecule has 0 N–H and O–H groups in total. The van der Waals surface area contributed by atoms with Crippen molar-refractivity contribution in [3.63, 3.8) is 0 Å². The number of halogens is 3. The number of ether oxygens (including phenoxy) is 1. The van der Waals surface area contributed by atoms with E-state index in [4.69, 9.17) is 0 Å². The lowest BCUT2D eigenvalue weighted by molar-refractivity contribution is -0.274. The van der Waals surface area contributed by atoms with Crippen molar-refractivity contribution in [2.75, 3.05) is 4.31 Å². The van der Waals surface area contributed by atoms with Gasteiger partial charge in [0.25, 0.3) is 10.0 Å². The van der Waals surface area contributed by atoms with E-state index in [9.17, 15) is 21.6 Å². The first-order valence-electron chi connectivity index (χ1n) is 7.55. The lowest BCUT2D eigenvalue weighted by Crippen LogP contribution is -2.30. The summed E-state index contributed by atoms with van der Waals surface area (Å²) in [6.45, 7) is 0.0678. The fourth-order valence-electron chi connectivity index (χ4n) is 2.31. The number of aromatic nitrogens is 1. The topological polar surface area (TPSA) is 59.5 Å². The van der Waals surface area contributed by atoms with Gasteiger partial charge < -0.3 is 4.74 Å². The Morgan fingerprint density at radius 3 is 2.41 bits per heavy atom. The highest BCUT2D eigenvalue weighted by Gasteiger charge is 2.31. The van der Waals surface area contributed by atoms with E-state index in [0.717, 1.165) is 34.1 Å². The van der Waals surface area contributed by atoms with Crippen LogP contribution in [-0.4, -0.2) is 19.8 Å². The van der Waals surface area contributed by atoms with Crippen LogP contribution in [0.15, 0.2) is 70.5 Å². The molecule has 2 heterocycles. The molecule has 27 heavy (non-hydrogen) atoms. The second-order valence-corrected chi connectivity index (χ2v) is 8.02. The Hall–Kier alpha value is -2.59. The van der Waals surface area contributed by atoms with Gasteiger partial charge in [-0.1, -0.05) is 0 Å². The number of thiophene rings is 1. The first kappa shape index (κ1) is 19.2. The fraction of sp³-hybridized carbons (Fsp3) is 0.118. The van der Waals surface area contributed by atoms with Gasteiger partial charge in [-0.3, -0.25) is 9.29 Å². The third-order valence-corrected chi connectivity index (χ3v) is 6.01. The molecule has 0 aliphatic carbocycles. The third kappa shape index (κ3) is 4.77. The number of anilines is 1. The van der Waals surface area contributed by atoms with E-state index in [1.807, 2.05) is 10.8 Å². The van der Waals surface area contributed by atoms with Gasteiger partial charge >= 0.3 is 6.36 Å². The van der Waals surface area contributed by atoms with Crippen LogP contribution in [-0.2, 0) is 16.6 Å². The Labute approximate surface area is 157 Å². The molecule has 1 aromatic carbocycles. The third-order valence-electron chi connectivity index (χ3n) is 3.49. The number of benzene rings is 1. The summed E-state index contributed by atoms with van der Waals surface area (Å²) in [6, 6.07) is 9.08. The summed E-state index contributed by atoms with van der Waals surface area (Å²) < 4.78 is 68.0. The minimum Gasteiger partial charge on any atom is -0.406 e. The Bertz CT molecular complexity index is 975. The number of rotatable bonds is 6. The van der Waals surface area contributed by atoms with Gasteiger partial charge in [0.1, 0.15) is 5.75 Å². The van der Waals surface area contributed by atoms with E-state index in [-0.39, 0.29) is 11.4 Å². The molecule has 2 aromatic heterocycles. The number of hydrogen-bond donors (Lipinski definition) is 0.